The van der Waals surface area contributed by atoms with Crippen LogP contribution in [0.25, 0.3) is 11.5 Å². The largest absolute Gasteiger partial charge is 0.563 e. The minimum Gasteiger partial charge on any atom is -0.563 e. The molecule has 18 heavy (non-hydrogen) atoms. The molecule has 0 amide bonds. The summed E-state index contributed by atoms with van der Waals surface area (Å²) in [4.78, 5) is 3.95. The molecule has 0 unspecified atom stereocenters. The van der Waals surface area contributed by atoms with Gasteiger partial charge in [0.2, 0.25) is 11.7 Å². The van der Waals surface area contributed by atoms with Crippen LogP contribution in [0.4, 0.5) is 0 Å². The van der Waals surface area contributed by atoms with Gasteiger partial charge in [0.05, 0.1) is 6.20 Å². The fourth-order valence-corrected chi connectivity index (χ4v) is 1.35. The Kier molecular flexibility index (Phi) is 3.14. The molecule has 0 aliphatic heterocycles. The maximum atomic E-state index is 9.17. The summed E-state index contributed by atoms with van der Waals surface area (Å²) >= 11 is 0. The van der Waals surface area contributed by atoms with Crippen LogP contribution in [0.1, 0.15) is 17.3 Å². The van der Waals surface area contributed by atoms with Crippen LogP contribution in [0.5, 0.6) is 0 Å². The topological polar surface area (TPSA) is 89.8 Å². The van der Waals surface area contributed by atoms with Gasteiger partial charge in [-0.15, -0.1) is 0 Å². The van der Waals surface area contributed by atoms with Gasteiger partial charge in [0.25, 0.3) is 0 Å². The van der Waals surface area contributed by atoms with Crippen molar-refractivity contribution in [3.05, 3.63) is 29.7 Å². The quantitative estimate of drug-likeness (QED) is 0.449. The van der Waals surface area contributed by atoms with Crippen molar-refractivity contribution in [2.75, 3.05) is 0 Å². The van der Waals surface area contributed by atoms with Gasteiger partial charge in [0, 0.05) is 13.1 Å². The monoisotopic (exact) mass is 241 g/mol. The summed E-state index contributed by atoms with van der Waals surface area (Å²) in [6.45, 7) is 3.47. The molecule has 0 N–H and O–H groups in total. The number of nitrogens with zero attached hydrogens (tertiary/aromatic N) is 5. The van der Waals surface area contributed by atoms with E-state index in [2.05, 4.69) is 19.9 Å². The molecule has 0 saturated heterocycles. The van der Waals surface area contributed by atoms with Gasteiger partial charge in [0.1, 0.15) is 6.07 Å². The Labute approximate surface area is 104 Å². The van der Waals surface area contributed by atoms with E-state index in [9.17, 15) is 0 Å². The fourth-order valence-electron chi connectivity index (χ4n) is 1.35. The van der Waals surface area contributed by atoms with Crippen LogP contribution in [-0.2, 0) is 4.65 Å². The molecule has 0 bridgehead atoms. The van der Waals surface area contributed by atoms with Gasteiger partial charge in [-0.25, -0.2) is 4.68 Å². The van der Waals surface area contributed by atoms with Crippen LogP contribution in [0.15, 0.2) is 16.9 Å². The maximum absolute atomic E-state index is 9.17. The summed E-state index contributed by atoms with van der Waals surface area (Å²) in [7, 11) is 5.16. The predicted octanol–water partition coefficient (Wildman–Crippen LogP) is 0.832. The molecule has 7 nitrogen and oxygen atoms in total. The zero-order chi connectivity index (χ0) is 13.1. The van der Waals surface area contributed by atoms with E-state index in [-0.39, 0.29) is 17.3 Å². The first-order chi connectivity index (χ1) is 8.65. The highest BCUT2D eigenvalue weighted by Crippen LogP contribution is 2.19. The van der Waals surface area contributed by atoms with Crippen LogP contribution in [0, 0.1) is 25.2 Å². The molecule has 0 saturated carbocycles. The average molecular weight is 241 g/mol. The number of rotatable bonds is 3. The van der Waals surface area contributed by atoms with Gasteiger partial charge >= 0.3 is 8.05 Å². The van der Waals surface area contributed by atoms with E-state index in [1.807, 2.05) is 13.0 Å². The lowest BCUT2D eigenvalue weighted by Crippen LogP contribution is -2.03. The number of nitriles is 1. The summed E-state index contributed by atoms with van der Waals surface area (Å²) in [5.41, 5.74) is 0.967. The molecule has 0 aliphatic carbocycles. The molecule has 0 aromatic carbocycles. The van der Waals surface area contributed by atoms with Gasteiger partial charge in [-0.05, 0) is 12.5 Å². The number of hydrogen-bond donors (Lipinski definition) is 0. The summed E-state index contributed by atoms with van der Waals surface area (Å²) in [5, 5.41) is 16.8. The molecule has 2 heterocycles. The second-order valence-corrected chi connectivity index (χ2v) is 3.51. The van der Waals surface area contributed by atoms with Crippen molar-refractivity contribution >= 4 is 19.5 Å². The van der Waals surface area contributed by atoms with Crippen molar-refractivity contribution in [3.8, 4) is 6.07 Å². The van der Waals surface area contributed by atoms with Crippen molar-refractivity contribution in [1.82, 2.24) is 19.9 Å². The molecule has 2 aromatic rings. The summed E-state index contributed by atoms with van der Waals surface area (Å²) in [6, 6.07) is 1.94. The fraction of sp³-hybridized carbons (Fsp3) is 0.200. The molecule has 2 rings (SSSR count). The third kappa shape index (κ3) is 2.11. The van der Waals surface area contributed by atoms with E-state index in [0.717, 1.165) is 5.56 Å². The standard InChI is InChI=1S/C10H8BN5O2/c1-6-4-13-16(5-6)8(3-12)9(17-11)10-14-7(2)18-15-10/h4-5H,1-2H3. The van der Waals surface area contributed by atoms with Crippen molar-refractivity contribution in [1.29, 1.82) is 5.26 Å². The highest BCUT2D eigenvalue weighted by Gasteiger charge is 2.17. The van der Waals surface area contributed by atoms with Crippen LogP contribution in [0.3, 0.4) is 0 Å². The Hall–Kier alpha value is -2.56. The van der Waals surface area contributed by atoms with Crippen LogP contribution < -0.4 is 0 Å². The first-order valence-electron chi connectivity index (χ1n) is 4.99. The van der Waals surface area contributed by atoms with Gasteiger partial charge in [0.15, 0.2) is 11.5 Å². The van der Waals surface area contributed by atoms with Crippen molar-refractivity contribution in [2.24, 2.45) is 0 Å². The minimum absolute atomic E-state index is 0.00236. The van der Waals surface area contributed by atoms with Gasteiger partial charge in [-0.2, -0.15) is 15.3 Å². The van der Waals surface area contributed by atoms with Gasteiger partial charge < -0.3 is 9.18 Å². The zero-order valence-electron chi connectivity index (χ0n) is 9.78. The van der Waals surface area contributed by atoms with Crippen molar-refractivity contribution in [3.63, 3.8) is 0 Å². The molecular weight excluding hydrogens is 233 g/mol. The van der Waals surface area contributed by atoms with Crippen molar-refractivity contribution < 1.29 is 9.18 Å². The second kappa shape index (κ2) is 4.75. The number of hydrogen-bond acceptors (Lipinski definition) is 6. The van der Waals surface area contributed by atoms with Crippen molar-refractivity contribution in [2.45, 2.75) is 13.8 Å². The highest BCUT2D eigenvalue weighted by molar-refractivity contribution is 6.04. The Balaban J connectivity index is 2.56. The molecule has 2 aromatic heterocycles. The number of aromatic nitrogens is 4. The smallest absolute Gasteiger partial charge is 0.374 e. The van der Waals surface area contributed by atoms with Gasteiger partial charge in [-0.3, -0.25) is 0 Å². The average Bonchev–Trinajstić information content (AvgIpc) is 2.95. The van der Waals surface area contributed by atoms with E-state index in [0.29, 0.717) is 5.89 Å². The second-order valence-electron chi connectivity index (χ2n) is 3.51. The molecule has 0 aliphatic rings. The van der Waals surface area contributed by atoms with E-state index in [1.165, 1.54) is 4.68 Å². The molecule has 8 heteroatoms. The predicted molar refractivity (Wildman–Crippen MR) is 61.6 cm³/mol. The third-order valence-corrected chi connectivity index (χ3v) is 2.11. The minimum atomic E-state index is -0.00236. The maximum Gasteiger partial charge on any atom is 0.374 e. The van der Waals surface area contributed by atoms with Crippen LogP contribution >= 0.6 is 0 Å². The summed E-state index contributed by atoms with van der Waals surface area (Å²) in [6.07, 6.45) is 3.26. The molecule has 0 atom stereocenters. The Morgan fingerprint density at radius 1 is 1.56 bits per heavy atom. The number of allylic oxidation sites excluding steroid dienone is 1. The zero-order valence-corrected chi connectivity index (χ0v) is 9.78. The molecular formula is C10H8BN5O2. The molecule has 88 valence electrons. The first-order valence-corrected chi connectivity index (χ1v) is 4.99. The normalized spacial score (nSPS) is 11.8. The van der Waals surface area contributed by atoms with E-state index >= 15 is 0 Å². The Bertz CT molecular complexity index is 637. The first kappa shape index (κ1) is 11.9. The third-order valence-electron chi connectivity index (χ3n) is 2.11. The van der Waals surface area contributed by atoms with Gasteiger partial charge in [-0.1, -0.05) is 5.16 Å². The molecule has 2 radical (unpaired) electrons. The molecule has 0 spiro atoms. The Morgan fingerprint density at radius 2 is 2.33 bits per heavy atom. The molecule has 0 fully saturated rings. The summed E-state index contributed by atoms with van der Waals surface area (Å²) < 4.78 is 10.8. The summed E-state index contributed by atoms with van der Waals surface area (Å²) in [5.74, 6) is 0.436. The Morgan fingerprint density at radius 3 is 2.78 bits per heavy atom. The lowest BCUT2D eigenvalue weighted by Gasteiger charge is -2.05. The SMILES string of the molecule is [B]OC(=C(C#N)n1cc(C)cn1)c1noc(C)n1. The van der Waals surface area contributed by atoms with Crippen LogP contribution in [0.2, 0.25) is 0 Å². The van der Waals surface area contributed by atoms with E-state index in [1.54, 1.807) is 19.3 Å². The van der Waals surface area contributed by atoms with Crippen LogP contribution in [-0.4, -0.2) is 28.0 Å². The van der Waals surface area contributed by atoms with E-state index < -0.39 is 0 Å². The van der Waals surface area contributed by atoms with E-state index in [4.69, 9.17) is 17.8 Å². The lowest BCUT2D eigenvalue weighted by atomic mass is 10.3. The number of aryl methyl sites for hydroxylation is 2. The lowest BCUT2D eigenvalue weighted by molar-refractivity contribution is 0.388. The highest BCUT2D eigenvalue weighted by atomic mass is 16.5.